The lowest BCUT2D eigenvalue weighted by atomic mass is 10.1. The Kier molecular flexibility index (Phi) is 5.28. The van der Waals surface area contributed by atoms with Crippen molar-refractivity contribution in [2.24, 2.45) is 5.84 Å². The van der Waals surface area contributed by atoms with Crippen LogP contribution in [0.4, 0.5) is 0 Å². The summed E-state index contributed by atoms with van der Waals surface area (Å²) in [4.78, 5) is 23.3. The number of nitrogens with two attached hydrogens (primary N) is 1. The first kappa shape index (κ1) is 14.9. The highest BCUT2D eigenvalue weighted by Crippen LogP contribution is 2.11. The van der Waals surface area contributed by atoms with E-state index in [1.54, 1.807) is 24.3 Å². The quantitative estimate of drug-likeness (QED) is 0.316. The third-order valence-corrected chi connectivity index (χ3v) is 2.55. The number of aliphatic hydroxyl groups is 1. The molecule has 0 aliphatic rings. The van der Waals surface area contributed by atoms with Gasteiger partial charge in [-0.3, -0.25) is 15.0 Å². The lowest BCUT2D eigenvalue weighted by Gasteiger charge is -2.19. The maximum atomic E-state index is 11.9. The SMILES string of the molecule is COc1ccc(C(=O)NC(C(=O)NN)C(C)O)cc1. The average molecular weight is 267 g/mol. The zero-order valence-electron chi connectivity index (χ0n) is 10.7. The minimum absolute atomic E-state index is 0.344. The van der Waals surface area contributed by atoms with Crippen molar-refractivity contribution in [2.75, 3.05) is 7.11 Å². The first-order valence-electron chi connectivity index (χ1n) is 5.63. The van der Waals surface area contributed by atoms with Crippen LogP contribution in [0.15, 0.2) is 24.3 Å². The van der Waals surface area contributed by atoms with Crippen molar-refractivity contribution in [2.45, 2.75) is 19.1 Å². The van der Waals surface area contributed by atoms with Crippen LogP contribution in [0, 0.1) is 0 Å². The fourth-order valence-corrected chi connectivity index (χ4v) is 1.46. The zero-order chi connectivity index (χ0) is 14.4. The number of hydrogen-bond donors (Lipinski definition) is 4. The molecule has 0 saturated carbocycles. The summed E-state index contributed by atoms with van der Waals surface area (Å²) in [7, 11) is 1.52. The number of amides is 2. The van der Waals surface area contributed by atoms with Crippen LogP contribution in [0.3, 0.4) is 0 Å². The van der Waals surface area contributed by atoms with Gasteiger partial charge in [-0.05, 0) is 31.2 Å². The number of ether oxygens (including phenoxy) is 1. The minimum atomic E-state index is -1.11. The Hall–Kier alpha value is -2.12. The van der Waals surface area contributed by atoms with Crippen LogP contribution >= 0.6 is 0 Å². The molecule has 0 radical (unpaired) electrons. The molecule has 5 N–H and O–H groups in total. The fourth-order valence-electron chi connectivity index (χ4n) is 1.46. The number of aliphatic hydroxyl groups excluding tert-OH is 1. The fraction of sp³-hybridized carbons (Fsp3) is 0.333. The molecular weight excluding hydrogens is 250 g/mol. The maximum Gasteiger partial charge on any atom is 0.259 e. The molecule has 1 rings (SSSR count). The van der Waals surface area contributed by atoms with Gasteiger partial charge in [-0.2, -0.15) is 0 Å². The van der Waals surface area contributed by atoms with Crippen molar-refractivity contribution in [3.8, 4) is 5.75 Å². The maximum absolute atomic E-state index is 11.9. The number of hydrogen-bond acceptors (Lipinski definition) is 5. The van der Waals surface area contributed by atoms with Gasteiger partial charge >= 0.3 is 0 Å². The van der Waals surface area contributed by atoms with Gasteiger partial charge in [0, 0.05) is 5.56 Å². The van der Waals surface area contributed by atoms with E-state index in [4.69, 9.17) is 10.6 Å². The van der Waals surface area contributed by atoms with E-state index in [9.17, 15) is 14.7 Å². The van der Waals surface area contributed by atoms with Gasteiger partial charge in [0.25, 0.3) is 11.8 Å². The van der Waals surface area contributed by atoms with E-state index in [1.165, 1.54) is 14.0 Å². The Bertz CT molecular complexity index is 445. The molecule has 19 heavy (non-hydrogen) atoms. The van der Waals surface area contributed by atoms with Gasteiger partial charge in [0.2, 0.25) is 0 Å². The van der Waals surface area contributed by atoms with E-state index in [1.807, 2.05) is 5.43 Å². The highest BCUT2D eigenvalue weighted by molar-refractivity contribution is 5.97. The Morgan fingerprint density at radius 1 is 1.32 bits per heavy atom. The second kappa shape index (κ2) is 6.72. The number of hydrazine groups is 1. The first-order valence-corrected chi connectivity index (χ1v) is 5.63. The second-order valence-electron chi connectivity index (χ2n) is 3.93. The summed E-state index contributed by atoms with van der Waals surface area (Å²) >= 11 is 0. The van der Waals surface area contributed by atoms with Crippen LogP contribution < -0.4 is 21.3 Å². The standard InChI is InChI=1S/C12H17N3O4/c1-7(16)10(12(18)15-13)14-11(17)8-3-5-9(19-2)6-4-8/h3-7,10,16H,13H2,1-2H3,(H,14,17)(H,15,18). The molecule has 0 spiro atoms. The molecule has 0 heterocycles. The van der Waals surface area contributed by atoms with E-state index in [0.29, 0.717) is 11.3 Å². The van der Waals surface area contributed by atoms with Gasteiger partial charge in [0.15, 0.2) is 0 Å². The van der Waals surface area contributed by atoms with Crippen LogP contribution in [-0.2, 0) is 4.79 Å². The van der Waals surface area contributed by atoms with Crippen LogP contribution in [-0.4, -0.2) is 36.2 Å². The van der Waals surface area contributed by atoms with Crippen LogP contribution in [0.25, 0.3) is 0 Å². The largest absolute Gasteiger partial charge is 0.497 e. The Labute approximate surface area is 110 Å². The monoisotopic (exact) mass is 267 g/mol. The van der Waals surface area contributed by atoms with Gasteiger partial charge in [-0.1, -0.05) is 0 Å². The molecule has 0 aliphatic heterocycles. The molecule has 0 bridgehead atoms. The van der Waals surface area contributed by atoms with E-state index in [2.05, 4.69) is 5.32 Å². The molecule has 0 aromatic heterocycles. The molecule has 7 heteroatoms. The molecule has 0 aliphatic carbocycles. The summed E-state index contributed by atoms with van der Waals surface area (Å²) in [6, 6.07) is 5.23. The predicted molar refractivity (Wildman–Crippen MR) is 68.3 cm³/mol. The summed E-state index contributed by atoms with van der Waals surface area (Å²) in [5.74, 6) is 4.44. The van der Waals surface area contributed by atoms with Crippen molar-refractivity contribution in [1.29, 1.82) is 0 Å². The Morgan fingerprint density at radius 2 is 1.89 bits per heavy atom. The molecule has 1 aromatic rings. The molecule has 2 unspecified atom stereocenters. The van der Waals surface area contributed by atoms with Gasteiger partial charge in [0.1, 0.15) is 11.8 Å². The number of carbonyl (C=O) groups is 2. The van der Waals surface area contributed by atoms with Crippen LogP contribution in [0.2, 0.25) is 0 Å². The van der Waals surface area contributed by atoms with Gasteiger partial charge in [-0.15, -0.1) is 0 Å². The zero-order valence-corrected chi connectivity index (χ0v) is 10.7. The Morgan fingerprint density at radius 3 is 2.32 bits per heavy atom. The summed E-state index contributed by atoms with van der Waals surface area (Å²) in [6.07, 6.45) is -1.06. The molecule has 7 nitrogen and oxygen atoms in total. The smallest absolute Gasteiger partial charge is 0.259 e. The number of nitrogens with one attached hydrogen (secondary N) is 2. The third kappa shape index (κ3) is 3.94. The molecule has 2 atom stereocenters. The molecule has 0 fully saturated rings. The number of carbonyl (C=O) groups excluding carboxylic acids is 2. The first-order chi connectivity index (χ1) is 8.99. The molecule has 104 valence electrons. The number of methoxy groups -OCH3 is 1. The van der Waals surface area contributed by atoms with Crippen LogP contribution in [0.1, 0.15) is 17.3 Å². The lowest BCUT2D eigenvalue weighted by Crippen LogP contribution is -2.54. The summed E-state index contributed by atoms with van der Waals surface area (Å²) in [5.41, 5.74) is 2.23. The summed E-state index contributed by atoms with van der Waals surface area (Å²) < 4.78 is 4.97. The van der Waals surface area contributed by atoms with Gasteiger partial charge < -0.3 is 15.2 Å². The van der Waals surface area contributed by atoms with Crippen molar-refractivity contribution in [3.05, 3.63) is 29.8 Å². The highest BCUT2D eigenvalue weighted by atomic mass is 16.5. The van der Waals surface area contributed by atoms with E-state index < -0.39 is 24.0 Å². The predicted octanol–water partition coefficient (Wildman–Crippen LogP) is -0.836. The van der Waals surface area contributed by atoms with Gasteiger partial charge in [-0.25, -0.2) is 5.84 Å². The summed E-state index contributed by atoms with van der Waals surface area (Å²) in [6.45, 7) is 1.38. The van der Waals surface area contributed by atoms with E-state index in [0.717, 1.165) is 0 Å². The van der Waals surface area contributed by atoms with E-state index in [-0.39, 0.29) is 0 Å². The molecular formula is C12H17N3O4. The minimum Gasteiger partial charge on any atom is -0.497 e. The molecule has 1 aromatic carbocycles. The number of benzene rings is 1. The molecule has 2 amide bonds. The van der Waals surface area contributed by atoms with Crippen molar-refractivity contribution >= 4 is 11.8 Å². The van der Waals surface area contributed by atoms with Crippen molar-refractivity contribution < 1.29 is 19.4 Å². The number of rotatable bonds is 5. The average Bonchev–Trinajstić information content (AvgIpc) is 2.43. The summed E-state index contributed by atoms with van der Waals surface area (Å²) in [5, 5.41) is 11.8. The Balaban J connectivity index is 2.78. The normalized spacial score (nSPS) is 13.3. The third-order valence-electron chi connectivity index (χ3n) is 2.55. The highest BCUT2D eigenvalue weighted by Gasteiger charge is 2.25. The topological polar surface area (TPSA) is 114 Å². The van der Waals surface area contributed by atoms with Crippen molar-refractivity contribution in [3.63, 3.8) is 0 Å². The van der Waals surface area contributed by atoms with E-state index >= 15 is 0 Å². The second-order valence-corrected chi connectivity index (χ2v) is 3.93. The van der Waals surface area contributed by atoms with Crippen molar-refractivity contribution in [1.82, 2.24) is 10.7 Å². The molecule has 0 saturated heterocycles. The lowest BCUT2D eigenvalue weighted by molar-refractivity contribution is -0.125. The van der Waals surface area contributed by atoms with Gasteiger partial charge in [0.05, 0.1) is 13.2 Å². The van der Waals surface area contributed by atoms with Crippen LogP contribution in [0.5, 0.6) is 5.75 Å².